The molecule has 1 atom stereocenters. The molecule has 1 aliphatic carbocycles. The first kappa shape index (κ1) is 17.7. The maximum absolute atomic E-state index is 12.8. The van der Waals surface area contributed by atoms with E-state index < -0.39 is 23.3 Å². The van der Waals surface area contributed by atoms with E-state index in [1.54, 1.807) is 6.07 Å². The molecule has 1 aliphatic rings. The van der Waals surface area contributed by atoms with E-state index in [1.807, 2.05) is 0 Å². The summed E-state index contributed by atoms with van der Waals surface area (Å²) in [6, 6.07) is 4.93. The number of hydrogen-bond acceptors (Lipinski definition) is 3. The number of halogens is 3. The number of aliphatic hydroxyl groups is 1. The normalized spacial score (nSPS) is 17.6. The first-order valence-electron chi connectivity index (χ1n) is 7.42. The molecule has 1 amide bonds. The second-order valence-corrected chi connectivity index (χ2v) is 5.81. The topological polar surface area (TPSA) is 58.6 Å². The van der Waals surface area contributed by atoms with Crippen LogP contribution in [0.25, 0.3) is 0 Å². The van der Waals surface area contributed by atoms with Gasteiger partial charge in [-0.05, 0) is 30.9 Å². The highest BCUT2D eigenvalue weighted by molar-refractivity contribution is 5.91. The highest BCUT2D eigenvalue weighted by atomic mass is 19.4. The van der Waals surface area contributed by atoms with E-state index >= 15 is 0 Å². The lowest BCUT2D eigenvalue weighted by molar-refractivity contribution is -0.137. The fourth-order valence-electron chi connectivity index (χ4n) is 2.56. The quantitative estimate of drug-likeness (QED) is 0.806. The Morgan fingerprint density at radius 1 is 1.43 bits per heavy atom. The number of aliphatic hydroxyl groups excluding tert-OH is 1. The van der Waals surface area contributed by atoms with Crippen LogP contribution in [0.3, 0.4) is 0 Å². The van der Waals surface area contributed by atoms with E-state index in [0.29, 0.717) is 24.8 Å². The van der Waals surface area contributed by atoms with Crippen molar-refractivity contribution in [2.24, 2.45) is 0 Å². The van der Waals surface area contributed by atoms with E-state index in [2.05, 4.69) is 5.32 Å². The lowest BCUT2D eigenvalue weighted by Crippen LogP contribution is -2.36. The van der Waals surface area contributed by atoms with Gasteiger partial charge in [0, 0.05) is 13.7 Å². The zero-order valence-electron chi connectivity index (χ0n) is 12.8. The van der Waals surface area contributed by atoms with Crippen LogP contribution < -0.4 is 5.32 Å². The van der Waals surface area contributed by atoms with Crippen LogP contribution in [0.1, 0.15) is 30.4 Å². The second kappa shape index (κ2) is 6.88. The van der Waals surface area contributed by atoms with Crippen LogP contribution >= 0.6 is 0 Å². The van der Waals surface area contributed by atoms with Crippen LogP contribution in [0.15, 0.2) is 24.3 Å². The molecule has 0 aliphatic heterocycles. The largest absolute Gasteiger partial charge is 0.416 e. The Bertz CT molecular complexity index is 556. The number of amides is 1. The molecule has 4 nitrogen and oxygen atoms in total. The Labute approximate surface area is 132 Å². The predicted octanol–water partition coefficient (Wildman–Crippen LogP) is 2.25. The Kier molecular flexibility index (Phi) is 5.31. The number of nitrogens with one attached hydrogen (secondary N) is 1. The zero-order valence-corrected chi connectivity index (χ0v) is 12.8. The third-order valence-corrected chi connectivity index (χ3v) is 4.05. The number of hydrogen-bond donors (Lipinski definition) is 2. The third kappa shape index (κ3) is 4.23. The molecular weight excluding hydrogens is 311 g/mol. The van der Waals surface area contributed by atoms with E-state index in [-0.39, 0.29) is 19.1 Å². The summed E-state index contributed by atoms with van der Waals surface area (Å²) < 4.78 is 43.2. The lowest BCUT2D eigenvalue weighted by Gasteiger charge is -2.18. The SMILES string of the molecule is COCC(O)CCNC(=O)C1(c2cccc(C(F)(F)F)c2)CC1. The van der Waals surface area contributed by atoms with Gasteiger partial charge in [0.1, 0.15) is 0 Å². The van der Waals surface area contributed by atoms with Gasteiger partial charge in [0.05, 0.1) is 23.7 Å². The molecule has 2 N–H and O–H groups in total. The van der Waals surface area contributed by atoms with Gasteiger partial charge in [0.2, 0.25) is 5.91 Å². The Balaban J connectivity index is 2.00. The number of ether oxygens (including phenoxy) is 1. The van der Waals surface area contributed by atoms with Crippen molar-refractivity contribution in [2.75, 3.05) is 20.3 Å². The van der Waals surface area contributed by atoms with Crippen molar-refractivity contribution in [3.8, 4) is 0 Å². The fraction of sp³-hybridized carbons (Fsp3) is 0.562. The number of rotatable bonds is 7. The number of carbonyl (C=O) groups is 1. The molecule has 1 aromatic carbocycles. The summed E-state index contributed by atoms with van der Waals surface area (Å²) in [6.07, 6.45) is -3.71. The minimum absolute atomic E-state index is 0.175. The third-order valence-electron chi connectivity index (χ3n) is 4.05. The van der Waals surface area contributed by atoms with Gasteiger partial charge in [-0.25, -0.2) is 0 Å². The average Bonchev–Trinajstić information content (AvgIpc) is 3.28. The van der Waals surface area contributed by atoms with E-state index in [9.17, 15) is 23.1 Å². The molecule has 1 fully saturated rings. The van der Waals surface area contributed by atoms with Gasteiger partial charge in [-0.2, -0.15) is 13.2 Å². The summed E-state index contributed by atoms with van der Waals surface area (Å²) in [4.78, 5) is 12.3. The van der Waals surface area contributed by atoms with Gasteiger partial charge >= 0.3 is 6.18 Å². The van der Waals surface area contributed by atoms with Crippen LogP contribution in [-0.2, 0) is 21.1 Å². The molecular formula is C16H20F3NO3. The zero-order chi connectivity index (χ0) is 17.1. The van der Waals surface area contributed by atoms with E-state index in [0.717, 1.165) is 12.1 Å². The van der Waals surface area contributed by atoms with Crippen molar-refractivity contribution in [3.63, 3.8) is 0 Å². The summed E-state index contributed by atoms with van der Waals surface area (Å²) in [5.74, 6) is -0.290. The number of benzene rings is 1. The van der Waals surface area contributed by atoms with E-state index in [4.69, 9.17) is 4.74 Å². The van der Waals surface area contributed by atoms with Gasteiger partial charge in [-0.1, -0.05) is 18.2 Å². The first-order chi connectivity index (χ1) is 10.8. The summed E-state index contributed by atoms with van der Waals surface area (Å²) in [5, 5.41) is 12.2. The van der Waals surface area contributed by atoms with Crippen LogP contribution in [0.4, 0.5) is 13.2 Å². The van der Waals surface area contributed by atoms with Gasteiger partial charge in [-0.15, -0.1) is 0 Å². The highest BCUT2D eigenvalue weighted by Crippen LogP contribution is 2.49. The lowest BCUT2D eigenvalue weighted by atomic mass is 9.93. The first-order valence-corrected chi connectivity index (χ1v) is 7.42. The number of carbonyl (C=O) groups excluding carboxylic acids is 1. The fourth-order valence-corrected chi connectivity index (χ4v) is 2.56. The van der Waals surface area contributed by atoms with E-state index in [1.165, 1.54) is 13.2 Å². The van der Waals surface area contributed by atoms with Crippen molar-refractivity contribution in [2.45, 2.75) is 37.0 Å². The van der Waals surface area contributed by atoms with Gasteiger partial charge in [0.15, 0.2) is 0 Å². The van der Waals surface area contributed by atoms with Crippen molar-refractivity contribution in [1.29, 1.82) is 0 Å². The Morgan fingerprint density at radius 3 is 2.70 bits per heavy atom. The van der Waals surface area contributed by atoms with Crippen molar-refractivity contribution in [3.05, 3.63) is 35.4 Å². The monoisotopic (exact) mass is 331 g/mol. The molecule has 7 heteroatoms. The van der Waals surface area contributed by atoms with Gasteiger partial charge < -0.3 is 15.2 Å². The van der Waals surface area contributed by atoms with Crippen LogP contribution in [0.2, 0.25) is 0 Å². The van der Waals surface area contributed by atoms with Crippen LogP contribution in [0.5, 0.6) is 0 Å². The molecule has 1 unspecified atom stereocenters. The van der Waals surface area contributed by atoms with Crippen molar-refractivity contribution in [1.82, 2.24) is 5.32 Å². The van der Waals surface area contributed by atoms with Crippen LogP contribution in [-0.4, -0.2) is 37.4 Å². The highest BCUT2D eigenvalue weighted by Gasteiger charge is 2.51. The molecule has 0 aromatic heterocycles. The minimum atomic E-state index is -4.42. The number of methoxy groups -OCH3 is 1. The summed E-state index contributed by atoms with van der Waals surface area (Å²) in [6.45, 7) is 0.429. The molecule has 2 rings (SSSR count). The van der Waals surface area contributed by atoms with Crippen molar-refractivity contribution >= 4 is 5.91 Å². The summed E-state index contributed by atoms with van der Waals surface area (Å²) >= 11 is 0. The molecule has 0 bridgehead atoms. The van der Waals surface area contributed by atoms with Gasteiger partial charge in [-0.3, -0.25) is 4.79 Å². The Morgan fingerprint density at radius 2 is 2.13 bits per heavy atom. The molecule has 23 heavy (non-hydrogen) atoms. The average molecular weight is 331 g/mol. The smallest absolute Gasteiger partial charge is 0.391 e. The molecule has 1 saturated carbocycles. The van der Waals surface area contributed by atoms with Crippen molar-refractivity contribution < 1.29 is 27.8 Å². The standard InChI is InChI=1S/C16H20F3NO3/c1-23-10-13(21)5-8-20-14(22)15(6-7-15)11-3-2-4-12(9-11)16(17,18)19/h2-4,9,13,21H,5-8,10H2,1H3,(H,20,22). The molecule has 0 spiro atoms. The number of alkyl halides is 3. The maximum atomic E-state index is 12.8. The Hall–Kier alpha value is -1.60. The summed E-state index contributed by atoms with van der Waals surface area (Å²) in [7, 11) is 1.47. The molecule has 0 radical (unpaired) electrons. The molecule has 0 heterocycles. The predicted molar refractivity (Wildman–Crippen MR) is 77.9 cm³/mol. The molecule has 128 valence electrons. The maximum Gasteiger partial charge on any atom is 0.416 e. The van der Waals surface area contributed by atoms with Gasteiger partial charge in [0.25, 0.3) is 0 Å². The molecule has 1 aromatic rings. The second-order valence-electron chi connectivity index (χ2n) is 5.81. The summed E-state index contributed by atoms with van der Waals surface area (Å²) in [5.41, 5.74) is -1.22. The van der Waals surface area contributed by atoms with Crippen LogP contribution in [0, 0.1) is 0 Å². The molecule has 0 saturated heterocycles. The minimum Gasteiger partial charge on any atom is -0.391 e.